The van der Waals surface area contributed by atoms with Crippen molar-refractivity contribution in [2.45, 2.75) is 133 Å². The number of ether oxygens (including phenoxy) is 4. The highest BCUT2D eigenvalue weighted by Gasteiger charge is 2.77. The van der Waals surface area contributed by atoms with Crippen LogP contribution in [-0.4, -0.2) is 87.1 Å². The first-order valence-corrected chi connectivity index (χ1v) is 15.3. The molecule has 0 aromatic rings. The van der Waals surface area contributed by atoms with Crippen LogP contribution in [-0.2, 0) is 28.5 Å². The molecular weight excluding hydrogens is 552 g/mol. The number of esters is 1. The van der Waals surface area contributed by atoms with Gasteiger partial charge in [0.2, 0.25) is 0 Å². The molecule has 4 aliphatic rings. The molecule has 9 heteroatoms. The SMILES string of the molecule is C=C1CC[C@@]2(C[C@@H](O)C(=O)OC[C@@]3(O)CCC(=O)[C@@H](OC)[C@]3(O)[C@@]3(C)O[C@H]3CC=C(C)C)C[C@@H]1[C@](C)(C=CC=C(C)C)O2. The number of aliphatic hydroxyl groups is 3. The van der Waals surface area contributed by atoms with Crippen LogP contribution in [0.3, 0.4) is 0 Å². The lowest BCUT2D eigenvalue weighted by molar-refractivity contribution is -0.260. The number of hydrogen-bond acceptors (Lipinski definition) is 9. The second kappa shape index (κ2) is 12.0. The molecule has 9 nitrogen and oxygen atoms in total. The number of methoxy groups -OCH3 is 1. The summed E-state index contributed by atoms with van der Waals surface area (Å²) in [6.07, 6.45) is 6.80. The summed E-state index contributed by atoms with van der Waals surface area (Å²) >= 11 is 0. The molecule has 3 N–H and O–H groups in total. The first-order chi connectivity index (χ1) is 20.0. The van der Waals surface area contributed by atoms with E-state index in [0.29, 0.717) is 19.3 Å². The Morgan fingerprint density at radius 2 is 1.84 bits per heavy atom. The first-order valence-electron chi connectivity index (χ1n) is 15.3. The smallest absolute Gasteiger partial charge is 0.335 e. The fourth-order valence-electron chi connectivity index (χ4n) is 7.50. The molecular formula is C34H50O9. The van der Waals surface area contributed by atoms with Crippen molar-refractivity contribution >= 4 is 11.8 Å². The Morgan fingerprint density at radius 1 is 1.14 bits per heavy atom. The molecule has 2 aliphatic carbocycles. The first kappa shape index (κ1) is 33.7. The number of fused-ring (bicyclic) bond motifs is 2. The zero-order valence-electron chi connectivity index (χ0n) is 26.8. The molecule has 0 amide bonds. The molecule has 9 atom stereocenters. The Labute approximate surface area is 255 Å². The maximum atomic E-state index is 13.2. The molecule has 0 aromatic carbocycles. The topological polar surface area (TPSA) is 135 Å². The summed E-state index contributed by atoms with van der Waals surface area (Å²) in [7, 11) is 1.29. The molecule has 2 aliphatic heterocycles. The molecule has 2 saturated heterocycles. The Balaban J connectivity index is 1.48. The molecule has 2 saturated carbocycles. The summed E-state index contributed by atoms with van der Waals surface area (Å²) in [5.74, 6) is -1.25. The highest BCUT2D eigenvalue weighted by atomic mass is 16.6. The lowest BCUT2D eigenvalue weighted by Crippen LogP contribution is -2.75. The van der Waals surface area contributed by atoms with Crippen molar-refractivity contribution in [3.8, 4) is 0 Å². The van der Waals surface area contributed by atoms with Crippen LogP contribution < -0.4 is 0 Å². The van der Waals surface area contributed by atoms with Crippen LogP contribution >= 0.6 is 0 Å². The van der Waals surface area contributed by atoms with E-state index in [4.69, 9.17) is 18.9 Å². The molecule has 4 fully saturated rings. The summed E-state index contributed by atoms with van der Waals surface area (Å²) < 4.78 is 23.5. The van der Waals surface area contributed by atoms with Crippen LogP contribution in [0.1, 0.15) is 86.5 Å². The number of carbonyl (C=O) groups is 2. The third kappa shape index (κ3) is 6.09. The zero-order chi connectivity index (χ0) is 32.0. The Bertz CT molecular complexity index is 1210. The Kier molecular flexibility index (Phi) is 9.41. The van der Waals surface area contributed by atoms with Crippen LogP contribution in [0.4, 0.5) is 0 Å². The second-order valence-corrected chi connectivity index (χ2v) is 13.9. The van der Waals surface area contributed by atoms with E-state index in [1.165, 1.54) is 7.11 Å². The van der Waals surface area contributed by atoms with Gasteiger partial charge in [-0.2, -0.15) is 0 Å². The molecule has 43 heavy (non-hydrogen) atoms. The van der Waals surface area contributed by atoms with Crippen molar-refractivity contribution in [3.05, 3.63) is 47.6 Å². The van der Waals surface area contributed by atoms with Gasteiger partial charge in [-0.1, -0.05) is 47.6 Å². The molecule has 240 valence electrons. The van der Waals surface area contributed by atoms with Crippen molar-refractivity contribution in [3.63, 3.8) is 0 Å². The van der Waals surface area contributed by atoms with E-state index < -0.39 is 58.9 Å². The van der Waals surface area contributed by atoms with E-state index in [0.717, 1.165) is 23.1 Å². The molecule has 0 aromatic heterocycles. The minimum atomic E-state index is -2.20. The van der Waals surface area contributed by atoms with E-state index in [1.807, 2.05) is 58.9 Å². The molecule has 0 radical (unpaired) electrons. The van der Waals surface area contributed by atoms with Gasteiger partial charge in [-0.25, -0.2) is 4.79 Å². The van der Waals surface area contributed by atoms with Crippen molar-refractivity contribution in [1.29, 1.82) is 0 Å². The summed E-state index contributed by atoms with van der Waals surface area (Å²) in [4.78, 5) is 26.0. The average Bonchev–Trinajstić information content (AvgIpc) is 3.54. The van der Waals surface area contributed by atoms with E-state index >= 15 is 0 Å². The van der Waals surface area contributed by atoms with Gasteiger partial charge in [0.1, 0.15) is 23.9 Å². The van der Waals surface area contributed by atoms with Crippen molar-refractivity contribution < 1.29 is 43.9 Å². The zero-order valence-corrected chi connectivity index (χ0v) is 26.8. The van der Waals surface area contributed by atoms with Gasteiger partial charge in [0.05, 0.1) is 17.3 Å². The van der Waals surface area contributed by atoms with Gasteiger partial charge >= 0.3 is 5.97 Å². The maximum absolute atomic E-state index is 13.2. The molecule has 4 rings (SSSR count). The predicted molar refractivity (Wildman–Crippen MR) is 161 cm³/mol. The normalized spacial score (nSPS) is 41.2. The van der Waals surface area contributed by atoms with Gasteiger partial charge in [-0.05, 0) is 73.6 Å². The monoisotopic (exact) mass is 602 g/mol. The number of epoxide rings is 1. The largest absolute Gasteiger partial charge is 0.461 e. The number of ketones is 1. The van der Waals surface area contributed by atoms with Crippen LogP contribution in [0.2, 0.25) is 0 Å². The van der Waals surface area contributed by atoms with Crippen LogP contribution in [0.25, 0.3) is 0 Å². The quantitative estimate of drug-likeness (QED) is 0.139. The highest BCUT2D eigenvalue weighted by molar-refractivity contribution is 5.86. The summed E-state index contributed by atoms with van der Waals surface area (Å²) in [5.41, 5.74) is -3.63. The number of rotatable bonds is 11. The highest BCUT2D eigenvalue weighted by Crippen LogP contribution is 2.57. The number of carbonyl (C=O) groups excluding carboxylic acids is 2. The predicted octanol–water partition coefficient (Wildman–Crippen LogP) is 4.04. The number of allylic oxidation sites excluding steroid dienone is 4. The van der Waals surface area contributed by atoms with Gasteiger partial charge in [-0.15, -0.1) is 0 Å². The van der Waals surface area contributed by atoms with Gasteiger partial charge in [0.25, 0.3) is 0 Å². The number of Topliss-reactive ketones (excluding diaryl/α,β-unsaturated/α-hetero) is 1. The number of aliphatic hydroxyl groups excluding tert-OH is 1. The Hall–Kier alpha value is -2.14. The Morgan fingerprint density at radius 3 is 2.47 bits per heavy atom. The van der Waals surface area contributed by atoms with Crippen LogP contribution in [0.5, 0.6) is 0 Å². The average molecular weight is 603 g/mol. The third-order valence-corrected chi connectivity index (χ3v) is 10.1. The van der Waals surface area contributed by atoms with Gasteiger partial charge in [0.15, 0.2) is 17.5 Å². The van der Waals surface area contributed by atoms with Crippen LogP contribution in [0, 0.1) is 5.92 Å². The lowest BCUT2D eigenvalue weighted by Gasteiger charge is -2.51. The van der Waals surface area contributed by atoms with Crippen molar-refractivity contribution in [2.24, 2.45) is 5.92 Å². The summed E-state index contributed by atoms with van der Waals surface area (Å²) in [6.45, 7) is 15.2. The lowest BCUT2D eigenvalue weighted by atomic mass is 9.62. The second-order valence-electron chi connectivity index (χ2n) is 13.9. The molecule has 2 heterocycles. The van der Waals surface area contributed by atoms with Crippen molar-refractivity contribution in [1.82, 2.24) is 0 Å². The van der Waals surface area contributed by atoms with E-state index in [9.17, 15) is 24.9 Å². The maximum Gasteiger partial charge on any atom is 0.335 e. The van der Waals surface area contributed by atoms with E-state index in [2.05, 4.69) is 6.58 Å². The van der Waals surface area contributed by atoms with E-state index in [-0.39, 0.29) is 31.0 Å². The third-order valence-electron chi connectivity index (χ3n) is 10.1. The van der Waals surface area contributed by atoms with Gasteiger partial charge in [0, 0.05) is 25.9 Å². The van der Waals surface area contributed by atoms with E-state index in [1.54, 1.807) is 6.92 Å². The van der Waals surface area contributed by atoms with Gasteiger partial charge in [-0.3, -0.25) is 4.79 Å². The van der Waals surface area contributed by atoms with Gasteiger partial charge < -0.3 is 34.3 Å². The van der Waals surface area contributed by atoms with Crippen molar-refractivity contribution in [2.75, 3.05) is 13.7 Å². The molecule has 0 unspecified atom stereocenters. The molecule has 0 spiro atoms. The summed E-state index contributed by atoms with van der Waals surface area (Å²) in [5, 5.41) is 35.0. The standard InChI is InChI=1S/C34H50O9/c1-21(2)10-9-15-30(6)24-18-32(43-30,16-13-23(24)5)19-26(36)29(37)41-20-33(38)17-14-25(35)28(40-8)34(33,39)31(7)27(42-31)12-11-22(3)4/h9-11,15,24,26-28,36,38-39H,5,12-14,16-20H2,1-4,6-8H3/t24-,26+,27-,28+,30-,31-,32-,33-,34-/m0/s1. The fourth-order valence-corrected chi connectivity index (χ4v) is 7.50. The molecule has 2 bridgehead atoms. The van der Waals surface area contributed by atoms with Crippen LogP contribution in [0.15, 0.2) is 47.6 Å². The minimum Gasteiger partial charge on any atom is -0.461 e. The number of hydrogen-bond donors (Lipinski definition) is 3. The minimum absolute atomic E-state index is 0.0230. The summed E-state index contributed by atoms with van der Waals surface area (Å²) in [6, 6.07) is 0. The fraction of sp³-hybridized carbons (Fsp3) is 0.706.